The molecule has 0 saturated carbocycles. The molecular formula is C39H25N3O. The van der Waals surface area contributed by atoms with Gasteiger partial charge in [0.05, 0.1) is 6.85 Å². The maximum Gasteiger partial charge on any atom is 0.164 e. The summed E-state index contributed by atoms with van der Waals surface area (Å²) in [5.41, 5.74) is 6.46. The average Bonchev–Trinajstić information content (AvgIpc) is 3.53. The third kappa shape index (κ3) is 4.55. The second kappa shape index (κ2) is 10.5. The van der Waals surface area contributed by atoms with Crippen molar-refractivity contribution in [1.82, 2.24) is 15.0 Å². The second-order valence-electron chi connectivity index (χ2n) is 10.1. The van der Waals surface area contributed by atoms with Crippen LogP contribution in [0, 0.1) is 0 Å². The van der Waals surface area contributed by atoms with Crippen molar-refractivity contribution in [2.75, 3.05) is 0 Å². The van der Waals surface area contributed by atoms with Gasteiger partial charge in [-0.2, -0.15) is 0 Å². The van der Waals surface area contributed by atoms with Crippen LogP contribution < -0.4 is 0 Å². The van der Waals surface area contributed by atoms with Gasteiger partial charge in [0.2, 0.25) is 0 Å². The monoisotopic (exact) mass is 556 g/mol. The average molecular weight is 557 g/mol. The SMILES string of the molecule is [2H]c1c([2H])c([2H])c(-c2ccc(-c3nc(-c4ccccc4-c4ccccc4)nc(-c4cccc5oc6ccccc6c45)n3)cc2)c([2H])c1[2H]. The number of benzene rings is 6. The number of hydrogen-bond donors (Lipinski definition) is 0. The van der Waals surface area contributed by atoms with Gasteiger partial charge in [0.1, 0.15) is 11.2 Å². The van der Waals surface area contributed by atoms with Crippen LogP contribution in [0.5, 0.6) is 0 Å². The highest BCUT2D eigenvalue weighted by atomic mass is 16.3. The van der Waals surface area contributed by atoms with E-state index in [2.05, 4.69) is 12.1 Å². The van der Waals surface area contributed by atoms with E-state index >= 15 is 0 Å². The van der Waals surface area contributed by atoms with Gasteiger partial charge in [-0.3, -0.25) is 0 Å². The minimum atomic E-state index is -0.424. The van der Waals surface area contributed by atoms with E-state index in [1.54, 1.807) is 24.3 Å². The van der Waals surface area contributed by atoms with Crippen molar-refractivity contribution in [2.45, 2.75) is 0 Å². The number of furan rings is 1. The molecule has 4 nitrogen and oxygen atoms in total. The van der Waals surface area contributed by atoms with E-state index in [4.69, 9.17) is 26.2 Å². The Morgan fingerprint density at radius 1 is 0.419 bits per heavy atom. The minimum Gasteiger partial charge on any atom is -0.456 e. The van der Waals surface area contributed by atoms with Gasteiger partial charge in [0.15, 0.2) is 17.5 Å². The highest BCUT2D eigenvalue weighted by molar-refractivity contribution is 6.11. The molecule has 2 aromatic heterocycles. The van der Waals surface area contributed by atoms with Crippen molar-refractivity contribution in [3.8, 4) is 56.4 Å². The molecular weight excluding hydrogens is 526 g/mol. The molecule has 8 aromatic rings. The van der Waals surface area contributed by atoms with Gasteiger partial charge in [-0.15, -0.1) is 0 Å². The summed E-state index contributed by atoms with van der Waals surface area (Å²) in [5.74, 6) is 1.40. The lowest BCUT2D eigenvalue weighted by Gasteiger charge is -2.12. The number of rotatable bonds is 5. The van der Waals surface area contributed by atoms with Crippen molar-refractivity contribution in [2.24, 2.45) is 0 Å². The Morgan fingerprint density at radius 2 is 1.02 bits per heavy atom. The van der Waals surface area contributed by atoms with Crippen LogP contribution in [0.2, 0.25) is 0 Å². The van der Waals surface area contributed by atoms with E-state index in [-0.39, 0.29) is 29.7 Å². The number of fused-ring (bicyclic) bond motifs is 3. The lowest BCUT2D eigenvalue weighted by molar-refractivity contribution is 0.669. The van der Waals surface area contributed by atoms with Crippen LogP contribution in [0.25, 0.3) is 78.4 Å². The number of aromatic nitrogens is 3. The van der Waals surface area contributed by atoms with Crippen molar-refractivity contribution < 1.29 is 11.3 Å². The van der Waals surface area contributed by atoms with Crippen LogP contribution in [0.15, 0.2) is 156 Å². The molecule has 6 aromatic carbocycles. The fourth-order valence-corrected chi connectivity index (χ4v) is 5.43. The summed E-state index contributed by atoms with van der Waals surface area (Å²) in [5, 5.41) is 1.86. The first-order chi connectivity index (χ1) is 23.4. The summed E-state index contributed by atoms with van der Waals surface area (Å²) in [6, 6.07) is 37.2. The Balaban J connectivity index is 1.34. The zero-order valence-corrected chi connectivity index (χ0v) is 22.8. The summed E-state index contributed by atoms with van der Waals surface area (Å²) < 4.78 is 47.2. The Morgan fingerprint density at radius 3 is 1.84 bits per heavy atom. The summed E-state index contributed by atoms with van der Waals surface area (Å²) >= 11 is 0. The highest BCUT2D eigenvalue weighted by Gasteiger charge is 2.19. The van der Waals surface area contributed by atoms with Crippen LogP contribution in [0.3, 0.4) is 0 Å². The Kier molecular flexibility index (Phi) is 4.91. The van der Waals surface area contributed by atoms with E-state index < -0.39 is 6.04 Å². The zero-order valence-electron chi connectivity index (χ0n) is 27.8. The Hall–Kier alpha value is -5.87. The van der Waals surface area contributed by atoms with Crippen LogP contribution in [-0.4, -0.2) is 15.0 Å². The molecule has 0 radical (unpaired) electrons. The largest absolute Gasteiger partial charge is 0.456 e. The lowest BCUT2D eigenvalue weighted by Crippen LogP contribution is -2.01. The maximum absolute atomic E-state index is 8.43. The molecule has 0 aliphatic heterocycles. The molecule has 4 heteroatoms. The second-order valence-corrected chi connectivity index (χ2v) is 10.1. The zero-order chi connectivity index (χ0) is 32.9. The lowest BCUT2D eigenvalue weighted by atomic mass is 9.99. The molecule has 0 bridgehead atoms. The van der Waals surface area contributed by atoms with Gasteiger partial charge >= 0.3 is 0 Å². The third-order valence-electron chi connectivity index (χ3n) is 7.46. The van der Waals surface area contributed by atoms with Crippen molar-refractivity contribution in [3.05, 3.63) is 152 Å². The van der Waals surface area contributed by atoms with Crippen LogP contribution in [-0.2, 0) is 0 Å². The first-order valence-corrected chi connectivity index (χ1v) is 13.9. The predicted octanol–water partition coefficient (Wildman–Crippen LogP) is 10.1. The first kappa shape index (κ1) is 20.1. The van der Waals surface area contributed by atoms with Gasteiger partial charge in [-0.1, -0.05) is 139 Å². The fourth-order valence-electron chi connectivity index (χ4n) is 5.43. The van der Waals surface area contributed by atoms with Crippen molar-refractivity contribution in [3.63, 3.8) is 0 Å². The molecule has 202 valence electrons. The molecule has 0 saturated heterocycles. The molecule has 0 unspecified atom stereocenters. The molecule has 0 spiro atoms. The number of nitrogens with zero attached hydrogens (tertiary/aromatic N) is 3. The summed E-state index contributed by atoms with van der Waals surface area (Å²) in [7, 11) is 0. The standard InChI is InChI=1S/C39H25N3O/c1-3-12-26(13-4-1)27-22-24-29(25-23-27)37-40-38(31-17-8-7-16-30(31)28-14-5-2-6-15-28)42-39(41-37)33-19-11-21-35-36(33)32-18-9-10-20-34(32)43-35/h1-25H/i1D,3D,4D,12D,13D. The van der Waals surface area contributed by atoms with E-state index in [1.807, 2.05) is 84.9 Å². The fraction of sp³-hybridized carbons (Fsp3) is 0. The molecule has 2 heterocycles. The van der Waals surface area contributed by atoms with E-state index in [9.17, 15) is 0 Å². The summed E-state index contributed by atoms with van der Waals surface area (Å²) in [6.45, 7) is 0. The summed E-state index contributed by atoms with van der Waals surface area (Å²) in [6.07, 6.45) is 0. The molecule has 0 aliphatic carbocycles. The smallest absolute Gasteiger partial charge is 0.164 e. The topological polar surface area (TPSA) is 51.8 Å². The van der Waals surface area contributed by atoms with Gasteiger partial charge in [-0.25, -0.2) is 15.0 Å². The Bertz CT molecular complexity index is 2480. The van der Waals surface area contributed by atoms with E-state index in [0.29, 0.717) is 28.6 Å². The number of hydrogen-bond acceptors (Lipinski definition) is 4. The van der Waals surface area contributed by atoms with Crippen molar-refractivity contribution in [1.29, 1.82) is 0 Å². The van der Waals surface area contributed by atoms with E-state index in [0.717, 1.165) is 44.2 Å². The summed E-state index contributed by atoms with van der Waals surface area (Å²) in [4.78, 5) is 15.0. The minimum absolute atomic E-state index is 0.139. The molecule has 8 rings (SSSR count). The number of para-hydroxylation sites is 1. The molecule has 0 fully saturated rings. The maximum atomic E-state index is 8.43. The van der Waals surface area contributed by atoms with Crippen LogP contribution in [0.1, 0.15) is 6.85 Å². The van der Waals surface area contributed by atoms with Crippen LogP contribution >= 0.6 is 0 Å². The Labute approximate surface area is 256 Å². The quantitative estimate of drug-likeness (QED) is 0.212. The highest BCUT2D eigenvalue weighted by Crippen LogP contribution is 2.37. The van der Waals surface area contributed by atoms with E-state index in [1.165, 1.54) is 0 Å². The predicted molar refractivity (Wildman–Crippen MR) is 174 cm³/mol. The normalized spacial score (nSPS) is 12.9. The molecule has 0 atom stereocenters. The van der Waals surface area contributed by atoms with Gasteiger partial charge in [-0.05, 0) is 34.4 Å². The third-order valence-corrected chi connectivity index (χ3v) is 7.46. The molecule has 0 aliphatic rings. The molecule has 0 N–H and O–H groups in total. The van der Waals surface area contributed by atoms with Gasteiger partial charge in [0.25, 0.3) is 0 Å². The first-order valence-electron chi connectivity index (χ1n) is 16.4. The molecule has 43 heavy (non-hydrogen) atoms. The van der Waals surface area contributed by atoms with Crippen molar-refractivity contribution >= 4 is 21.9 Å². The van der Waals surface area contributed by atoms with Crippen LogP contribution in [0.4, 0.5) is 0 Å². The van der Waals surface area contributed by atoms with Gasteiger partial charge < -0.3 is 4.42 Å². The molecule has 0 amide bonds. The van der Waals surface area contributed by atoms with Gasteiger partial charge in [0, 0.05) is 27.5 Å².